The summed E-state index contributed by atoms with van der Waals surface area (Å²) >= 11 is 0. The van der Waals surface area contributed by atoms with E-state index in [9.17, 15) is 9.59 Å². The zero-order valence-corrected chi connectivity index (χ0v) is 16.2. The number of carbonyl (C=O) groups excluding carboxylic acids is 2. The number of aromatic amines is 1. The number of nitrogens with one attached hydrogen (secondary N) is 2. The summed E-state index contributed by atoms with van der Waals surface area (Å²) in [6, 6.07) is 7.07. The second-order valence-corrected chi connectivity index (χ2v) is 7.56. The molecule has 146 valence electrons. The van der Waals surface area contributed by atoms with Crippen molar-refractivity contribution in [3.8, 4) is 0 Å². The monoisotopic (exact) mass is 381 g/mol. The number of carbonyl (C=O) groups is 2. The smallest absolute Gasteiger partial charge is 0.338 e. The highest BCUT2D eigenvalue weighted by Gasteiger charge is 2.23. The summed E-state index contributed by atoms with van der Waals surface area (Å²) in [4.78, 5) is 28.2. The zero-order valence-electron chi connectivity index (χ0n) is 16.2. The number of rotatable bonds is 4. The molecule has 2 N–H and O–H groups in total. The Morgan fingerprint density at radius 1 is 1.36 bits per heavy atom. The Morgan fingerprint density at radius 3 is 2.93 bits per heavy atom. The summed E-state index contributed by atoms with van der Waals surface area (Å²) in [7, 11) is 0. The summed E-state index contributed by atoms with van der Waals surface area (Å²) in [5.74, 6) is -0.152. The minimum absolute atomic E-state index is 0.222. The first-order chi connectivity index (χ1) is 13.4. The molecule has 0 fully saturated rings. The number of H-pyrrole nitrogens is 1. The summed E-state index contributed by atoms with van der Waals surface area (Å²) in [6.45, 7) is 5.52. The van der Waals surface area contributed by atoms with Crippen molar-refractivity contribution in [1.29, 1.82) is 0 Å². The molecule has 0 unspecified atom stereocenters. The highest BCUT2D eigenvalue weighted by molar-refractivity contribution is 5.99. The number of esters is 1. The van der Waals surface area contributed by atoms with E-state index in [1.807, 2.05) is 12.1 Å². The van der Waals surface area contributed by atoms with Crippen molar-refractivity contribution in [3.63, 3.8) is 0 Å². The van der Waals surface area contributed by atoms with Crippen molar-refractivity contribution in [2.24, 2.45) is 5.92 Å². The number of ether oxygens (including phenoxy) is 1. The molecule has 1 aliphatic rings. The molecule has 3 aromatic rings. The molecule has 0 spiro atoms. The molecule has 4 rings (SSSR count). The van der Waals surface area contributed by atoms with E-state index in [-0.39, 0.29) is 5.88 Å². The molecular weight excluding hydrogens is 358 g/mol. The lowest BCUT2D eigenvalue weighted by Gasteiger charge is -2.18. The lowest BCUT2D eigenvalue weighted by Crippen LogP contribution is -2.29. The highest BCUT2D eigenvalue weighted by atomic mass is 16.5. The molecule has 0 saturated carbocycles. The molecule has 2 aromatic heterocycles. The second kappa shape index (κ2) is 7.14. The van der Waals surface area contributed by atoms with E-state index in [1.165, 1.54) is 24.6 Å². The molecule has 0 aliphatic heterocycles. The van der Waals surface area contributed by atoms with Crippen LogP contribution in [0.4, 0.5) is 5.88 Å². The Bertz CT molecular complexity index is 1050. The van der Waals surface area contributed by atoms with Crippen LogP contribution in [0.2, 0.25) is 0 Å². The van der Waals surface area contributed by atoms with Gasteiger partial charge in [-0.15, -0.1) is 0 Å². The first-order valence-corrected chi connectivity index (χ1v) is 9.49. The fourth-order valence-corrected chi connectivity index (χ4v) is 3.65. The van der Waals surface area contributed by atoms with Crippen LogP contribution >= 0.6 is 0 Å². The van der Waals surface area contributed by atoms with E-state index < -0.39 is 18.0 Å². The third-order valence-electron chi connectivity index (χ3n) is 5.20. The SMILES string of the molecule is Cc1cc(NC(=O)[C@@H](C)OC(=O)c2ccc3[nH]c4c(c3c2)C[C@@H](C)CC4)on1. The van der Waals surface area contributed by atoms with Crippen molar-refractivity contribution < 1.29 is 18.8 Å². The molecule has 1 aromatic carbocycles. The van der Waals surface area contributed by atoms with Gasteiger partial charge in [-0.25, -0.2) is 4.79 Å². The van der Waals surface area contributed by atoms with Gasteiger partial charge in [0.15, 0.2) is 6.10 Å². The summed E-state index contributed by atoms with van der Waals surface area (Å²) in [5.41, 5.74) is 4.66. The molecule has 0 bridgehead atoms. The van der Waals surface area contributed by atoms with Crippen LogP contribution in [0.3, 0.4) is 0 Å². The minimum Gasteiger partial charge on any atom is -0.449 e. The van der Waals surface area contributed by atoms with Gasteiger partial charge in [-0.05, 0) is 62.8 Å². The van der Waals surface area contributed by atoms with E-state index in [1.54, 1.807) is 19.1 Å². The van der Waals surface area contributed by atoms with Gasteiger partial charge in [-0.3, -0.25) is 10.1 Å². The van der Waals surface area contributed by atoms with Crippen molar-refractivity contribution >= 4 is 28.7 Å². The van der Waals surface area contributed by atoms with Crippen molar-refractivity contribution in [2.45, 2.75) is 46.1 Å². The molecule has 1 aliphatic carbocycles. The van der Waals surface area contributed by atoms with Crippen LogP contribution < -0.4 is 5.32 Å². The maximum atomic E-state index is 12.6. The maximum Gasteiger partial charge on any atom is 0.338 e. The van der Waals surface area contributed by atoms with E-state index in [4.69, 9.17) is 9.26 Å². The van der Waals surface area contributed by atoms with Gasteiger partial charge < -0.3 is 14.2 Å². The summed E-state index contributed by atoms with van der Waals surface area (Å²) in [5, 5.41) is 7.30. The van der Waals surface area contributed by atoms with E-state index in [2.05, 4.69) is 22.4 Å². The molecule has 7 heteroatoms. The van der Waals surface area contributed by atoms with Crippen LogP contribution in [0.15, 0.2) is 28.8 Å². The van der Waals surface area contributed by atoms with Crippen LogP contribution in [-0.4, -0.2) is 28.1 Å². The van der Waals surface area contributed by atoms with Gasteiger partial charge in [-0.1, -0.05) is 12.1 Å². The predicted molar refractivity (Wildman–Crippen MR) is 104 cm³/mol. The molecule has 2 heterocycles. The predicted octanol–water partition coefficient (Wildman–Crippen LogP) is 3.77. The van der Waals surface area contributed by atoms with Gasteiger partial charge in [0, 0.05) is 22.7 Å². The van der Waals surface area contributed by atoms with Crippen molar-refractivity contribution in [2.75, 3.05) is 5.32 Å². The first-order valence-electron chi connectivity index (χ1n) is 9.49. The van der Waals surface area contributed by atoms with Crippen molar-refractivity contribution in [3.05, 3.63) is 46.8 Å². The van der Waals surface area contributed by atoms with E-state index in [0.717, 1.165) is 23.7 Å². The third kappa shape index (κ3) is 3.52. The largest absolute Gasteiger partial charge is 0.449 e. The normalized spacial score (nSPS) is 17.2. The van der Waals surface area contributed by atoms with Crippen molar-refractivity contribution in [1.82, 2.24) is 10.1 Å². The molecule has 2 atom stereocenters. The number of aryl methyl sites for hydroxylation is 2. The third-order valence-corrected chi connectivity index (χ3v) is 5.20. The van der Waals surface area contributed by atoms with Crippen LogP contribution in [0.25, 0.3) is 10.9 Å². The molecular formula is C21H23N3O4. The van der Waals surface area contributed by atoms with Gasteiger partial charge in [-0.2, -0.15) is 0 Å². The molecule has 0 radical (unpaired) electrons. The summed E-state index contributed by atoms with van der Waals surface area (Å²) < 4.78 is 10.3. The van der Waals surface area contributed by atoms with E-state index >= 15 is 0 Å². The number of amides is 1. The van der Waals surface area contributed by atoms with Gasteiger partial charge >= 0.3 is 5.97 Å². The zero-order chi connectivity index (χ0) is 19.8. The minimum atomic E-state index is -0.964. The Labute approximate surface area is 162 Å². The number of aromatic nitrogens is 2. The van der Waals surface area contributed by atoms with Crippen LogP contribution in [-0.2, 0) is 22.4 Å². The Hall–Kier alpha value is -3.09. The standard InChI is InChI=1S/C21H23N3O4/c1-11-4-6-17-15(8-11)16-10-14(5-7-18(16)22-17)21(26)27-13(3)20(25)23-19-9-12(2)24-28-19/h5,7,9-11,13,22H,4,6,8H2,1-3H3,(H,23,25)/t11-,13+/m0/s1. The quantitative estimate of drug-likeness (QED) is 0.671. The maximum absolute atomic E-state index is 12.6. The average molecular weight is 381 g/mol. The Morgan fingerprint density at radius 2 is 2.18 bits per heavy atom. The topological polar surface area (TPSA) is 97.2 Å². The van der Waals surface area contributed by atoms with Crippen LogP contribution in [0, 0.1) is 12.8 Å². The number of fused-ring (bicyclic) bond motifs is 3. The average Bonchev–Trinajstić information content (AvgIpc) is 3.23. The number of hydrogen-bond donors (Lipinski definition) is 2. The van der Waals surface area contributed by atoms with Gasteiger partial charge in [0.1, 0.15) is 0 Å². The summed E-state index contributed by atoms with van der Waals surface area (Å²) in [6.07, 6.45) is 2.24. The fourth-order valence-electron chi connectivity index (χ4n) is 3.65. The lowest BCUT2D eigenvalue weighted by molar-refractivity contribution is -0.123. The van der Waals surface area contributed by atoms with Crippen LogP contribution in [0.5, 0.6) is 0 Å². The highest BCUT2D eigenvalue weighted by Crippen LogP contribution is 2.32. The van der Waals surface area contributed by atoms with Gasteiger partial charge in [0.25, 0.3) is 5.91 Å². The Balaban J connectivity index is 1.49. The molecule has 7 nitrogen and oxygen atoms in total. The lowest BCUT2D eigenvalue weighted by atomic mass is 9.87. The Kier molecular flexibility index (Phi) is 4.66. The number of anilines is 1. The van der Waals surface area contributed by atoms with Gasteiger partial charge in [0.05, 0.1) is 11.3 Å². The number of hydrogen-bond acceptors (Lipinski definition) is 5. The molecule has 1 amide bonds. The number of benzene rings is 1. The number of nitrogens with zero attached hydrogens (tertiary/aromatic N) is 1. The van der Waals surface area contributed by atoms with Crippen LogP contribution in [0.1, 0.15) is 47.6 Å². The fraction of sp³-hybridized carbons (Fsp3) is 0.381. The molecule has 0 saturated heterocycles. The second-order valence-electron chi connectivity index (χ2n) is 7.56. The van der Waals surface area contributed by atoms with Gasteiger partial charge in [0.2, 0.25) is 5.88 Å². The molecule has 28 heavy (non-hydrogen) atoms. The van der Waals surface area contributed by atoms with E-state index in [0.29, 0.717) is 17.2 Å². The first kappa shape index (κ1) is 18.3.